The van der Waals surface area contributed by atoms with Crippen LogP contribution in [0, 0.1) is 11.7 Å². The molecule has 4 heterocycles. The lowest BCUT2D eigenvalue weighted by atomic mass is 9.96. The van der Waals surface area contributed by atoms with E-state index in [-0.39, 0.29) is 17.6 Å². The highest BCUT2D eigenvalue weighted by atomic mass is 19.1. The first-order valence-electron chi connectivity index (χ1n) is 11.5. The van der Waals surface area contributed by atoms with Gasteiger partial charge in [0, 0.05) is 62.9 Å². The Labute approximate surface area is 192 Å². The van der Waals surface area contributed by atoms with Gasteiger partial charge in [-0.3, -0.25) is 9.78 Å². The van der Waals surface area contributed by atoms with Gasteiger partial charge in [-0.25, -0.2) is 4.39 Å². The summed E-state index contributed by atoms with van der Waals surface area (Å²) in [5.41, 5.74) is 2.79. The zero-order valence-corrected chi connectivity index (χ0v) is 18.5. The molecule has 1 amide bonds. The third-order valence-corrected chi connectivity index (χ3v) is 6.50. The van der Waals surface area contributed by atoms with Crippen molar-refractivity contribution < 1.29 is 9.18 Å². The van der Waals surface area contributed by atoms with Crippen LogP contribution in [0.2, 0.25) is 0 Å². The van der Waals surface area contributed by atoms with Gasteiger partial charge >= 0.3 is 0 Å². The van der Waals surface area contributed by atoms with Gasteiger partial charge in [-0.2, -0.15) is 0 Å². The average Bonchev–Trinajstić information content (AvgIpc) is 2.89. The topological polar surface area (TPSA) is 65.5 Å². The van der Waals surface area contributed by atoms with E-state index in [9.17, 15) is 9.18 Å². The van der Waals surface area contributed by atoms with E-state index in [0.717, 1.165) is 55.2 Å². The molecule has 33 heavy (non-hydrogen) atoms. The first-order chi connectivity index (χ1) is 16.2. The predicted octanol–water partition coefficient (Wildman–Crippen LogP) is 3.24. The molecular formula is C25H27FN6O. The molecule has 170 valence electrons. The lowest BCUT2D eigenvalue weighted by Crippen LogP contribution is -2.52. The van der Waals surface area contributed by atoms with Crippen LogP contribution >= 0.6 is 0 Å². The second-order valence-corrected chi connectivity index (χ2v) is 8.59. The molecule has 2 saturated heterocycles. The second-order valence-electron chi connectivity index (χ2n) is 8.59. The molecule has 0 spiro atoms. The van der Waals surface area contributed by atoms with Crippen molar-refractivity contribution in [3.05, 3.63) is 66.7 Å². The summed E-state index contributed by atoms with van der Waals surface area (Å²) >= 11 is 0. The number of rotatable bonds is 4. The van der Waals surface area contributed by atoms with Crippen molar-refractivity contribution in [2.24, 2.45) is 5.92 Å². The molecule has 2 aliphatic rings. The number of aromatic nitrogens is 3. The molecule has 2 aliphatic heterocycles. The van der Waals surface area contributed by atoms with Crippen molar-refractivity contribution in [1.82, 2.24) is 20.1 Å². The Kier molecular flexibility index (Phi) is 6.15. The van der Waals surface area contributed by atoms with E-state index >= 15 is 0 Å². The minimum atomic E-state index is -0.230. The van der Waals surface area contributed by atoms with Crippen LogP contribution in [0.25, 0.3) is 11.3 Å². The van der Waals surface area contributed by atoms with Gasteiger partial charge in [0.1, 0.15) is 5.82 Å². The molecule has 1 aromatic carbocycles. The third kappa shape index (κ3) is 4.79. The summed E-state index contributed by atoms with van der Waals surface area (Å²) in [4.78, 5) is 23.6. The largest absolute Gasteiger partial charge is 0.368 e. The zero-order chi connectivity index (χ0) is 22.6. The van der Waals surface area contributed by atoms with Crippen LogP contribution in [0.3, 0.4) is 0 Å². The third-order valence-electron chi connectivity index (χ3n) is 6.50. The first-order valence-corrected chi connectivity index (χ1v) is 11.5. The molecule has 2 fully saturated rings. The van der Waals surface area contributed by atoms with Crippen molar-refractivity contribution in [3.63, 3.8) is 0 Å². The highest BCUT2D eigenvalue weighted by Crippen LogP contribution is 2.25. The first kappa shape index (κ1) is 21.3. The van der Waals surface area contributed by atoms with Crippen LogP contribution in [0.5, 0.6) is 0 Å². The maximum Gasteiger partial charge on any atom is 0.227 e. The molecule has 0 radical (unpaired) electrons. The number of piperidine rings is 1. The van der Waals surface area contributed by atoms with Crippen LogP contribution in [0.1, 0.15) is 12.8 Å². The van der Waals surface area contributed by atoms with E-state index in [4.69, 9.17) is 0 Å². The normalized spacial score (nSPS) is 18.9. The summed E-state index contributed by atoms with van der Waals surface area (Å²) < 4.78 is 13.2. The minimum absolute atomic E-state index is 0.0298. The number of nitrogens with zero attached hydrogens (tertiary/aromatic N) is 6. The van der Waals surface area contributed by atoms with Crippen molar-refractivity contribution in [2.45, 2.75) is 12.8 Å². The van der Waals surface area contributed by atoms with Gasteiger partial charge in [0.15, 0.2) is 5.82 Å². The maximum absolute atomic E-state index is 13.2. The zero-order valence-electron chi connectivity index (χ0n) is 18.5. The molecule has 5 rings (SSSR count). The van der Waals surface area contributed by atoms with E-state index in [1.54, 1.807) is 24.5 Å². The van der Waals surface area contributed by atoms with Gasteiger partial charge in [-0.05, 0) is 61.4 Å². The van der Waals surface area contributed by atoms with E-state index in [0.29, 0.717) is 19.6 Å². The summed E-state index contributed by atoms with van der Waals surface area (Å²) in [6, 6.07) is 14.3. The van der Waals surface area contributed by atoms with Gasteiger partial charge in [-0.1, -0.05) is 0 Å². The fourth-order valence-electron chi connectivity index (χ4n) is 4.65. The number of pyridine rings is 1. The SMILES string of the molecule is O=C(C1CCCN(c2ccc(-c3ccncc3)nn2)C1)N1CCN(c2ccc(F)cc2)CC1. The smallest absolute Gasteiger partial charge is 0.227 e. The Hall–Kier alpha value is -3.55. The lowest BCUT2D eigenvalue weighted by molar-refractivity contribution is -0.136. The number of halogens is 1. The van der Waals surface area contributed by atoms with Crippen LogP contribution in [-0.4, -0.2) is 65.3 Å². The summed E-state index contributed by atoms with van der Waals surface area (Å²) in [5, 5.41) is 8.81. The van der Waals surface area contributed by atoms with Gasteiger partial charge < -0.3 is 14.7 Å². The number of benzene rings is 1. The fourth-order valence-corrected chi connectivity index (χ4v) is 4.65. The van der Waals surface area contributed by atoms with E-state index in [2.05, 4.69) is 25.0 Å². The van der Waals surface area contributed by atoms with E-state index in [1.165, 1.54) is 12.1 Å². The number of anilines is 2. The Morgan fingerprint density at radius 1 is 0.848 bits per heavy atom. The monoisotopic (exact) mass is 446 g/mol. The molecule has 1 atom stereocenters. The van der Waals surface area contributed by atoms with Gasteiger partial charge in [0.25, 0.3) is 0 Å². The quantitative estimate of drug-likeness (QED) is 0.613. The lowest BCUT2D eigenvalue weighted by Gasteiger charge is -2.40. The fraction of sp³-hybridized carbons (Fsp3) is 0.360. The average molecular weight is 447 g/mol. The van der Waals surface area contributed by atoms with Gasteiger partial charge in [0.05, 0.1) is 11.6 Å². The molecule has 7 nitrogen and oxygen atoms in total. The Balaban J connectivity index is 1.18. The summed E-state index contributed by atoms with van der Waals surface area (Å²) in [7, 11) is 0. The number of piperazine rings is 1. The van der Waals surface area contributed by atoms with E-state index < -0.39 is 0 Å². The molecule has 1 unspecified atom stereocenters. The molecule has 0 N–H and O–H groups in total. The summed E-state index contributed by atoms with van der Waals surface area (Å²) in [6.07, 6.45) is 5.34. The number of carbonyl (C=O) groups is 1. The van der Waals surface area contributed by atoms with Crippen LogP contribution in [0.4, 0.5) is 15.9 Å². The molecule has 3 aromatic rings. The maximum atomic E-state index is 13.2. The second kappa shape index (κ2) is 9.52. The molecular weight excluding hydrogens is 419 g/mol. The number of amides is 1. The van der Waals surface area contributed by atoms with Crippen molar-refractivity contribution >= 4 is 17.4 Å². The predicted molar refractivity (Wildman–Crippen MR) is 125 cm³/mol. The highest BCUT2D eigenvalue weighted by molar-refractivity contribution is 5.80. The number of hydrogen-bond donors (Lipinski definition) is 0. The summed E-state index contributed by atoms with van der Waals surface area (Å²) in [5.74, 6) is 0.773. The number of hydrogen-bond acceptors (Lipinski definition) is 6. The number of carbonyl (C=O) groups excluding carboxylic acids is 1. The van der Waals surface area contributed by atoms with Crippen molar-refractivity contribution in [3.8, 4) is 11.3 Å². The molecule has 0 saturated carbocycles. The van der Waals surface area contributed by atoms with E-state index in [1.807, 2.05) is 29.2 Å². The minimum Gasteiger partial charge on any atom is -0.368 e. The molecule has 2 aromatic heterocycles. The van der Waals surface area contributed by atoms with Gasteiger partial charge in [0.2, 0.25) is 5.91 Å². The molecule has 8 heteroatoms. The Morgan fingerprint density at radius 3 is 2.30 bits per heavy atom. The Morgan fingerprint density at radius 2 is 1.61 bits per heavy atom. The van der Waals surface area contributed by atoms with Crippen LogP contribution in [0.15, 0.2) is 60.9 Å². The molecule has 0 aliphatic carbocycles. The van der Waals surface area contributed by atoms with Crippen LogP contribution in [-0.2, 0) is 4.79 Å². The summed E-state index contributed by atoms with van der Waals surface area (Å²) in [6.45, 7) is 4.44. The van der Waals surface area contributed by atoms with Crippen LogP contribution < -0.4 is 9.80 Å². The Bertz CT molecular complexity index is 1070. The van der Waals surface area contributed by atoms with Crippen molar-refractivity contribution in [1.29, 1.82) is 0 Å². The standard InChI is InChI=1S/C25H27FN6O/c26-21-3-5-22(6-4-21)30-14-16-31(17-15-30)25(33)20-2-1-13-32(18-20)24-8-7-23(28-29-24)19-9-11-27-12-10-19/h3-12,20H,1-2,13-18H2. The molecule has 0 bridgehead atoms. The van der Waals surface area contributed by atoms with Gasteiger partial charge in [-0.15, -0.1) is 10.2 Å². The van der Waals surface area contributed by atoms with Crippen molar-refractivity contribution in [2.75, 3.05) is 49.1 Å². The highest BCUT2D eigenvalue weighted by Gasteiger charge is 2.31.